The second-order valence-electron chi connectivity index (χ2n) is 5.47. The highest BCUT2D eigenvalue weighted by Crippen LogP contribution is 2.27. The van der Waals surface area contributed by atoms with Crippen molar-refractivity contribution in [3.8, 4) is 0 Å². The molecule has 0 radical (unpaired) electrons. The standard InChI is InChI=1S/C15H23N3O3S/c19-14(20)8-4-10-17-15(21)16-9-3-7-13-18-11-5-1-2-6-12(11)22-13/h1-10H2,(H,19,20)(H2,16,17,21). The van der Waals surface area contributed by atoms with Gasteiger partial charge in [0.1, 0.15) is 0 Å². The summed E-state index contributed by atoms with van der Waals surface area (Å²) in [7, 11) is 0. The van der Waals surface area contributed by atoms with Gasteiger partial charge in [-0.25, -0.2) is 9.78 Å². The summed E-state index contributed by atoms with van der Waals surface area (Å²) in [6.45, 7) is 0.992. The molecule has 0 atom stereocenters. The van der Waals surface area contributed by atoms with E-state index in [0.717, 1.165) is 19.3 Å². The first kappa shape index (κ1) is 16.7. The van der Waals surface area contributed by atoms with Gasteiger partial charge < -0.3 is 15.7 Å². The molecule has 0 spiro atoms. The van der Waals surface area contributed by atoms with E-state index in [1.54, 1.807) is 0 Å². The molecule has 0 aromatic carbocycles. The average Bonchev–Trinajstić information content (AvgIpc) is 2.90. The molecule has 0 bridgehead atoms. The lowest BCUT2D eigenvalue weighted by atomic mass is 10.0. The van der Waals surface area contributed by atoms with Crippen LogP contribution in [0.4, 0.5) is 4.79 Å². The highest BCUT2D eigenvalue weighted by molar-refractivity contribution is 7.11. The number of amides is 2. The number of carboxylic acid groups (broad SMARTS) is 1. The number of thiazole rings is 1. The Morgan fingerprint density at radius 3 is 2.59 bits per heavy atom. The van der Waals surface area contributed by atoms with Gasteiger partial charge in [-0.2, -0.15) is 0 Å². The Balaban J connectivity index is 1.56. The first-order valence-electron chi connectivity index (χ1n) is 7.86. The minimum atomic E-state index is -0.839. The molecule has 122 valence electrons. The number of carboxylic acids is 1. The van der Waals surface area contributed by atoms with Crippen LogP contribution in [0.2, 0.25) is 0 Å². The summed E-state index contributed by atoms with van der Waals surface area (Å²) >= 11 is 1.82. The zero-order chi connectivity index (χ0) is 15.8. The number of nitrogens with one attached hydrogen (secondary N) is 2. The van der Waals surface area contributed by atoms with Gasteiger partial charge >= 0.3 is 12.0 Å². The van der Waals surface area contributed by atoms with Gasteiger partial charge in [-0.1, -0.05) is 0 Å². The quantitative estimate of drug-likeness (QED) is 0.638. The number of urea groups is 1. The molecule has 0 saturated heterocycles. The third-order valence-corrected chi connectivity index (χ3v) is 4.81. The normalized spacial score (nSPS) is 13.5. The van der Waals surface area contributed by atoms with Crippen LogP contribution in [0.25, 0.3) is 0 Å². The highest BCUT2D eigenvalue weighted by Gasteiger charge is 2.14. The molecular weight excluding hydrogens is 302 g/mol. The number of nitrogens with zero attached hydrogens (tertiary/aromatic N) is 1. The van der Waals surface area contributed by atoms with Crippen molar-refractivity contribution in [1.29, 1.82) is 0 Å². The lowest BCUT2D eigenvalue weighted by molar-refractivity contribution is -0.137. The number of fused-ring (bicyclic) bond motifs is 1. The number of carbonyl (C=O) groups excluding carboxylic acids is 1. The van der Waals surface area contributed by atoms with Crippen LogP contribution in [-0.2, 0) is 24.1 Å². The largest absolute Gasteiger partial charge is 0.481 e. The summed E-state index contributed by atoms with van der Waals surface area (Å²) in [5.74, 6) is -0.839. The van der Waals surface area contributed by atoms with E-state index in [1.165, 1.54) is 34.8 Å². The maximum atomic E-state index is 11.5. The molecule has 7 heteroatoms. The summed E-state index contributed by atoms with van der Waals surface area (Å²) in [4.78, 5) is 27.9. The fraction of sp³-hybridized carbons (Fsp3) is 0.667. The summed E-state index contributed by atoms with van der Waals surface area (Å²) < 4.78 is 0. The van der Waals surface area contributed by atoms with Gasteiger partial charge in [0, 0.05) is 30.8 Å². The minimum absolute atomic E-state index is 0.0784. The van der Waals surface area contributed by atoms with Crippen LogP contribution < -0.4 is 10.6 Å². The number of hydrogen-bond acceptors (Lipinski definition) is 4. The van der Waals surface area contributed by atoms with E-state index in [4.69, 9.17) is 5.11 Å². The van der Waals surface area contributed by atoms with Crippen molar-refractivity contribution in [2.75, 3.05) is 13.1 Å². The van der Waals surface area contributed by atoms with Gasteiger partial charge in [0.25, 0.3) is 0 Å². The van der Waals surface area contributed by atoms with Crippen molar-refractivity contribution < 1.29 is 14.7 Å². The van der Waals surface area contributed by atoms with Gasteiger partial charge in [-0.3, -0.25) is 4.79 Å². The fourth-order valence-electron chi connectivity index (χ4n) is 2.46. The Bertz CT molecular complexity index is 493. The first-order chi connectivity index (χ1) is 10.6. The maximum Gasteiger partial charge on any atom is 0.314 e. The molecule has 0 saturated carbocycles. The number of hydrogen-bond donors (Lipinski definition) is 3. The van der Waals surface area contributed by atoms with E-state index in [0.29, 0.717) is 19.5 Å². The van der Waals surface area contributed by atoms with Gasteiger partial charge in [0.05, 0.1) is 10.7 Å². The van der Waals surface area contributed by atoms with Crippen LogP contribution in [0, 0.1) is 0 Å². The van der Waals surface area contributed by atoms with E-state index >= 15 is 0 Å². The Morgan fingerprint density at radius 1 is 1.14 bits per heavy atom. The first-order valence-corrected chi connectivity index (χ1v) is 8.68. The van der Waals surface area contributed by atoms with E-state index in [-0.39, 0.29) is 12.5 Å². The molecule has 0 unspecified atom stereocenters. The molecule has 1 aliphatic carbocycles. The number of aliphatic carboxylic acids is 1. The number of aryl methyl sites for hydroxylation is 3. The van der Waals surface area contributed by atoms with E-state index in [9.17, 15) is 9.59 Å². The molecule has 1 aliphatic rings. The molecule has 0 fully saturated rings. The van der Waals surface area contributed by atoms with E-state index < -0.39 is 5.97 Å². The van der Waals surface area contributed by atoms with Gasteiger partial charge in [-0.15, -0.1) is 11.3 Å². The van der Waals surface area contributed by atoms with Crippen LogP contribution >= 0.6 is 11.3 Å². The lowest BCUT2D eigenvalue weighted by Crippen LogP contribution is -2.36. The molecule has 2 amide bonds. The molecule has 22 heavy (non-hydrogen) atoms. The SMILES string of the molecule is O=C(O)CCCNC(=O)NCCCc1nc2c(s1)CCCC2. The number of aromatic nitrogens is 1. The maximum absolute atomic E-state index is 11.5. The second kappa shape index (κ2) is 8.73. The summed E-state index contributed by atoms with van der Waals surface area (Å²) in [5, 5.41) is 15.1. The lowest BCUT2D eigenvalue weighted by Gasteiger charge is -2.06. The second-order valence-corrected chi connectivity index (χ2v) is 6.64. The van der Waals surface area contributed by atoms with Crippen LogP contribution in [-0.4, -0.2) is 35.2 Å². The number of rotatable bonds is 8. The molecule has 6 nitrogen and oxygen atoms in total. The van der Waals surface area contributed by atoms with E-state index in [2.05, 4.69) is 15.6 Å². The van der Waals surface area contributed by atoms with Crippen molar-refractivity contribution >= 4 is 23.3 Å². The van der Waals surface area contributed by atoms with Crippen molar-refractivity contribution in [3.05, 3.63) is 15.6 Å². The molecule has 0 aliphatic heterocycles. The van der Waals surface area contributed by atoms with Crippen LogP contribution in [0.3, 0.4) is 0 Å². The summed E-state index contributed by atoms with van der Waals surface area (Å²) in [5.41, 5.74) is 1.29. The van der Waals surface area contributed by atoms with Crippen molar-refractivity contribution in [2.45, 2.75) is 51.4 Å². The predicted octanol–water partition coefficient (Wildman–Crippen LogP) is 2.12. The summed E-state index contributed by atoms with van der Waals surface area (Å²) in [6, 6.07) is -0.233. The predicted molar refractivity (Wildman–Crippen MR) is 85.3 cm³/mol. The van der Waals surface area contributed by atoms with E-state index in [1.807, 2.05) is 11.3 Å². The Labute approximate surface area is 134 Å². The van der Waals surface area contributed by atoms with Gasteiger partial charge in [0.2, 0.25) is 0 Å². The molecule has 1 heterocycles. The highest BCUT2D eigenvalue weighted by atomic mass is 32.1. The molecule has 3 N–H and O–H groups in total. The minimum Gasteiger partial charge on any atom is -0.481 e. The van der Waals surface area contributed by atoms with Crippen molar-refractivity contribution in [1.82, 2.24) is 15.6 Å². The fourth-order valence-corrected chi connectivity index (χ4v) is 3.66. The van der Waals surface area contributed by atoms with Crippen LogP contribution in [0.1, 0.15) is 47.7 Å². The average molecular weight is 325 g/mol. The van der Waals surface area contributed by atoms with Gasteiger partial charge in [0.15, 0.2) is 0 Å². The Hall–Kier alpha value is -1.63. The zero-order valence-corrected chi connectivity index (χ0v) is 13.5. The Kier molecular flexibility index (Phi) is 6.64. The smallest absolute Gasteiger partial charge is 0.314 e. The number of carbonyl (C=O) groups is 2. The van der Waals surface area contributed by atoms with Crippen molar-refractivity contribution in [3.63, 3.8) is 0 Å². The topological polar surface area (TPSA) is 91.3 Å². The monoisotopic (exact) mass is 325 g/mol. The molecular formula is C15H23N3O3S. The summed E-state index contributed by atoms with van der Waals surface area (Å²) in [6.07, 6.45) is 7.11. The third kappa shape index (κ3) is 5.63. The Morgan fingerprint density at radius 2 is 1.86 bits per heavy atom. The van der Waals surface area contributed by atoms with Gasteiger partial charge in [-0.05, 0) is 38.5 Å². The van der Waals surface area contributed by atoms with Crippen molar-refractivity contribution in [2.24, 2.45) is 0 Å². The van der Waals surface area contributed by atoms with Crippen LogP contribution in [0.15, 0.2) is 0 Å². The molecule has 2 rings (SSSR count). The molecule has 1 aromatic heterocycles. The third-order valence-electron chi connectivity index (χ3n) is 3.60. The van der Waals surface area contributed by atoms with Crippen LogP contribution in [0.5, 0.6) is 0 Å². The zero-order valence-electron chi connectivity index (χ0n) is 12.7. The molecule has 1 aromatic rings.